The Hall–Kier alpha value is -2.01. The maximum Gasteiger partial charge on any atom is 0.102 e. The van der Waals surface area contributed by atoms with E-state index in [2.05, 4.69) is 25.1 Å². The predicted molar refractivity (Wildman–Crippen MR) is 90.2 cm³/mol. The molecule has 2 N–H and O–H groups in total. The van der Waals surface area contributed by atoms with Crippen LogP contribution in [0.1, 0.15) is 56.6 Å². The molecule has 0 aromatic heterocycles. The van der Waals surface area contributed by atoms with E-state index >= 15 is 0 Å². The Morgan fingerprint density at radius 1 is 1.05 bits per heavy atom. The van der Waals surface area contributed by atoms with Crippen LogP contribution in [0.3, 0.4) is 0 Å². The lowest BCUT2D eigenvalue weighted by molar-refractivity contribution is 0.607. The fourth-order valence-corrected chi connectivity index (χ4v) is 2.86. The summed E-state index contributed by atoms with van der Waals surface area (Å²) in [7, 11) is 0. The van der Waals surface area contributed by atoms with E-state index < -0.39 is 0 Å². The normalized spacial score (nSPS) is 10.7. The van der Waals surface area contributed by atoms with E-state index in [1.807, 2.05) is 18.2 Å². The number of hydrogen-bond donors (Lipinski definition) is 1. The minimum Gasteiger partial charge on any atom is -0.397 e. The standard InChI is InChI=1S/C19H24N2/c1-2-3-4-5-6-7-10-16-13-15-11-8-9-12-17(15)19(21)18(16)14-20/h8-9,11-13H,2-7,10,21H2,1H3. The summed E-state index contributed by atoms with van der Waals surface area (Å²) in [6, 6.07) is 12.5. The zero-order chi connectivity index (χ0) is 15.1. The van der Waals surface area contributed by atoms with Crippen molar-refractivity contribution < 1.29 is 0 Å². The van der Waals surface area contributed by atoms with E-state index in [1.54, 1.807) is 0 Å². The van der Waals surface area contributed by atoms with Crippen LogP contribution < -0.4 is 5.73 Å². The molecule has 21 heavy (non-hydrogen) atoms. The summed E-state index contributed by atoms with van der Waals surface area (Å²) in [4.78, 5) is 0. The van der Waals surface area contributed by atoms with Crippen molar-refractivity contribution in [1.82, 2.24) is 0 Å². The van der Waals surface area contributed by atoms with Crippen LogP contribution in [0.4, 0.5) is 5.69 Å². The second-order valence-corrected chi connectivity index (χ2v) is 5.68. The van der Waals surface area contributed by atoms with Crippen molar-refractivity contribution in [1.29, 1.82) is 5.26 Å². The van der Waals surface area contributed by atoms with E-state index in [-0.39, 0.29) is 0 Å². The highest BCUT2D eigenvalue weighted by Gasteiger charge is 2.10. The summed E-state index contributed by atoms with van der Waals surface area (Å²) in [5.41, 5.74) is 8.58. The van der Waals surface area contributed by atoms with Crippen molar-refractivity contribution in [2.75, 3.05) is 5.73 Å². The second-order valence-electron chi connectivity index (χ2n) is 5.68. The smallest absolute Gasteiger partial charge is 0.102 e. The molecule has 2 aromatic rings. The van der Waals surface area contributed by atoms with Crippen molar-refractivity contribution in [3.63, 3.8) is 0 Å². The summed E-state index contributed by atoms with van der Waals surface area (Å²) in [6.07, 6.45) is 8.53. The molecule has 0 radical (unpaired) electrons. The molecule has 2 aromatic carbocycles. The van der Waals surface area contributed by atoms with Crippen LogP contribution in [0.2, 0.25) is 0 Å². The molecular formula is C19H24N2. The molecule has 2 heteroatoms. The van der Waals surface area contributed by atoms with Crippen LogP contribution in [0.15, 0.2) is 30.3 Å². The van der Waals surface area contributed by atoms with Gasteiger partial charge in [0.15, 0.2) is 0 Å². The minimum absolute atomic E-state index is 0.636. The van der Waals surface area contributed by atoms with E-state index in [1.165, 1.54) is 32.1 Å². The maximum atomic E-state index is 9.40. The third-order valence-electron chi connectivity index (χ3n) is 4.08. The van der Waals surface area contributed by atoms with Gasteiger partial charge in [-0.3, -0.25) is 0 Å². The lowest BCUT2D eigenvalue weighted by atomic mass is 9.95. The molecule has 0 spiro atoms. The second kappa shape index (κ2) is 7.69. The molecule has 0 amide bonds. The molecule has 110 valence electrons. The summed E-state index contributed by atoms with van der Waals surface area (Å²) in [5, 5.41) is 11.5. The van der Waals surface area contributed by atoms with Crippen LogP contribution in [-0.2, 0) is 6.42 Å². The zero-order valence-electron chi connectivity index (χ0n) is 12.9. The molecule has 0 aliphatic carbocycles. The van der Waals surface area contributed by atoms with E-state index in [0.717, 1.165) is 29.2 Å². The minimum atomic E-state index is 0.636. The number of nitriles is 1. The number of nitrogen functional groups attached to an aromatic ring is 1. The first-order valence-electron chi connectivity index (χ1n) is 7.98. The summed E-state index contributed by atoms with van der Waals surface area (Å²) in [5.74, 6) is 0. The Kier molecular flexibility index (Phi) is 5.63. The monoisotopic (exact) mass is 280 g/mol. The maximum absolute atomic E-state index is 9.40. The lowest BCUT2D eigenvalue weighted by Crippen LogP contribution is -1.99. The SMILES string of the molecule is CCCCCCCCc1cc2ccccc2c(N)c1C#N. The van der Waals surface area contributed by atoms with Gasteiger partial charge in [-0.25, -0.2) is 0 Å². The first-order chi connectivity index (χ1) is 10.3. The molecule has 0 bridgehead atoms. The largest absolute Gasteiger partial charge is 0.397 e. The van der Waals surface area contributed by atoms with Crippen LogP contribution in [0, 0.1) is 11.3 Å². The number of aryl methyl sites for hydroxylation is 1. The average molecular weight is 280 g/mol. The Morgan fingerprint density at radius 3 is 2.52 bits per heavy atom. The Balaban J connectivity index is 2.10. The molecule has 2 rings (SSSR count). The molecule has 0 atom stereocenters. The number of anilines is 1. The third-order valence-corrected chi connectivity index (χ3v) is 4.08. The summed E-state index contributed by atoms with van der Waals surface area (Å²) in [6.45, 7) is 2.23. The Bertz CT molecular complexity index is 638. The van der Waals surface area contributed by atoms with Crippen molar-refractivity contribution in [2.45, 2.75) is 51.9 Å². The molecule has 0 aliphatic rings. The number of hydrogen-bond acceptors (Lipinski definition) is 2. The summed E-state index contributed by atoms with van der Waals surface area (Å²) >= 11 is 0. The molecule has 0 saturated heterocycles. The molecule has 0 aliphatic heterocycles. The fourth-order valence-electron chi connectivity index (χ4n) is 2.86. The highest BCUT2D eigenvalue weighted by molar-refractivity contribution is 5.96. The molecule has 0 fully saturated rings. The molecule has 0 unspecified atom stereocenters. The number of fused-ring (bicyclic) bond motifs is 1. The van der Waals surface area contributed by atoms with E-state index in [0.29, 0.717) is 11.3 Å². The fraction of sp³-hybridized carbons (Fsp3) is 0.421. The van der Waals surface area contributed by atoms with E-state index in [4.69, 9.17) is 5.73 Å². The number of nitrogens with two attached hydrogens (primary N) is 1. The van der Waals surface area contributed by atoms with Gasteiger partial charge in [-0.1, -0.05) is 63.3 Å². The molecular weight excluding hydrogens is 256 g/mol. The van der Waals surface area contributed by atoms with Crippen LogP contribution in [0.25, 0.3) is 10.8 Å². The van der Waals surface area contributed by atoms with Gasteiger partial charge < -0.3 is 5.73 Å². The lowest BCUT2D eigenvalue weighted by Gasteiger charge is -2.10. The number of nitrogens with zero attached hydrogens (tertiary/aromatic N) is 1. The zero-order valence-corrected chi connectivity index (χ0v) is 12.9. The summed E-state index contributed by atoms with van der Waals surface area (Å²) < 4.78 is 0. The van der Waals surface area contributed by atoms with Crippen molar-refractivity contribution >= 4 is 16.5 Å². The van der Waals surface area contributed by atoms with Gasteiger partial charge >= 0.3 is 0 Å². The first kappa shape index (κ1) is 15.4. The Morgan fingerprint density at radius 2 is 1.76 bits per heavy atom. The topological polar surface area (TPSA) is 49.8 Å². The van der Waals surface area contributed by atoms with E-state index in [9.17, 15) is 5.26 Å². The van der Waals surface area contributed by atoms with Gasteiger partial charge in [-0.15, -0.1) is 0 Å². The van der Waals surface area contributed by atoms with Gasteiger partial charge in [0.05, 0.1) is 11.3 Å². The van der Waals surface area contributed by atoms with Crippen molar-refractivity contribution in [3.05, 3.63) is 41.5 Å². The molecule has 0 saturated carbocycles. The molecule has 2 nitrogen and oxygen atoms in total. The van der Waals surface area contributed by atoms with Crippen LogP contribution >= 0.6 is 0 Å². The number of benzene rings is 2. The van der Waals surface area contributed by atoms with Crippen molar-refractivity contribution in [2.24, 2.45) is 0 Å². The first-order valence-corrected chi connectivity index (χ1v) is 7.98. The van der Waals surface area contributed by atoms with Gasteiger partial charge in [0.25, 0.3) is 0 Å². The van der Waals surface area contributed by atoms with Gasteiger partial charge in [0.1, 0.15) is 6.07 Å². The number of unbranched alkanes of at least 4 members (excludes halogenated alkanes) is 5. The highest BCUT2D eigenvalue weighted by atomic mass is 14.6. The highest BCUT2D eigenvalue weighted by Crippen LogP contribution is 2.28. The van der Waals surface area contributed by atoms with Gasteiger partial charge in [0.2, 0.25) is 0 Å². The predicted octanol–water partition coefficient (Wildman–Crippen LogP) is 5.20. The molecule has 0 heterocycles. The third kappa shape index (κ3) is 3.76. The van der Waals surface area contributed by atoms with Gasteiger partial charge in [-0.2, -0.15) is 5.26 Å². The quantitative estimate of drug-likeness (QED) is 0.560. The van der Waals surface area contributed by atoms with Gasteiger partial charge in [-0.05, 0) is 29.9 Å². The van der Waals surface area contributed by atoms with Crippen molar-refractivity contribution in [3.8, 4) is 6.07 Å². The van der Waals surface area contributed by atoms with Crippen LogP contribution in [-0.4, -0.2) is 0 Å². The average Bonchev–Trinajstić information content (AvgIpc) is 2.51. The van der Waals surface area contributed by atoms with Crippen LogP contribution in [0.5, 0.6) is 0 Å². The number of rotatable bonds is 7. The van der Waals surface area contributed by atoms with Gasteiger partial charge in [0, 0.05) is 5.39 Å². The Labute approximate surface area is 127 Å².